The summed E-state index contributed by atoms with van der Waals surface area (Å²) in [5, 5.41) is 5.34. The van der Waals surface area contributed by atoms with Crippen LogP contribution < -0.4 is 0 Å². The number of quaternary nitrogens is 1. The van der Waals surface area contributed by atoms with Crippen LogP contribution in [0.5, 0.6) is 0 Å². The van der Waals surface area contributed by atoms with Crippen molar-refractivity contribution in [2.75, 3.05) is 0 Å². The van der Waals surface area contributed by atoms with Crippen LogP contribution in [0.4, 0.5) is 0 Å². The van der Waals surface area contributed by atoms with Gasteiger partial charge in [0, 0.05) is 22.3 Å². The van der Waals surface area contributed by atoms with E-state index in [9.17, 15) is 0 Å². The summed E-state index contributed by atoms with van der Waals surface area (Å²) < 4.78 is 1.00. The summed E-state index contributed by atoms with van der Waals surface area (Å²) in [5.74, 6) is 0. The number of hydrogen-bond acceptors (Lipinski definition) is 0. The molecule has 0 radical (unpaired) electrons. The first-order valence-electron chi connectivity index (χ1n) is 13.3. The predicted octanol–water partition coefficient (Wildman–Crippen LogP) is 8.87. The van der Waals surface area contributed by atoms with Crippen molar-refractivity contribution < 1.29 is 4.48 Å². The fourth-order valence-electron chi connectivity index (χ4n) is 7.04. The lowest BCUT2D eigenvalue weighted by molar-refractivity contribution is -0.977. The smallest absolute Gasteiger partial charge is 0.106 e. The van der Waals surface area contributed by atoms with Crippen LogP contribution in [-0.2, 0) is 26.2 Å². The molecular weight excluding hydrogens is 446 g/mol. The second-order valence-electron chi connectivity index (χ2n) is 11.0. The molecule has 2 aliphatic rings. The molecule has 0 N–H and O–H groups in total. The van der Waals surface area contributed by atoms with Crippen LogP contribution in [0.15, 0.2) is 121 Å². The Morgan fingerprint density at radius 2 is 0.919 bits per heavy atom. The van der Waals surface area contributed by atoms with Gasteiger partial charge in [-0.15, -0.1) is 0 Å². The fraction of sp³-hybridized carbons (Fsp3) is 0.111. The molecule has 1 heteroatoms. The normalized spacial score (nSPS) is 15.4. The van der Waals surface area contributed by atoms with E-state index in [1.807, 2.05) is 0 Å². The van der Waals surface area contributed by atoms with Crippen LogP contribution in [0.2, 0.25) is 0 Å². The van der Waals surface area contributed by atoms with Gasteiger partial charge < -0.3 is 4.48 Å². The molecule has 37 heavy (non-hydrogen) atoms. The maximum Gasteiger partial charge on any atom is 0.106 e. The summed E-state index contributed by atoms with van der Waals surface area (Å²) >= 11 is 0. The second kappa shape index (κ2) is 7.90. The van der Waals surface area contributed by atoms with E-state index in [1.165, 1.54) is 66.1 Å². The van der Waals surface area contributed by atoms with Crippen molar-refractivity contribution in [2.24, 2.45) is 0 Å². The van der Waals surface area contributed by atoms with Gasteiger partial charge in [-0.25, -0.2) is 0 Å². The third-order valence-corrected chi connectivity index (χ3v) is 8.60. The van der Waals surface area contributed by atoms with Crippen molar-refractivity contribution in [2.45, 2.75) is 26.2 Å². The van der Waals surface area contributed by atoms with Gasteiger partial charge in [0.15, 0.2) is 0 Å². The van der Waals surface area contributed by atoms with E-state index in [0.29, 0.717) is 0 Å². The van der Waals surface area contributed by atoms with E-state index in [-0.39, 0.29) is 0 Å². The molecule has 0 saturated heterocycles. The highest BCUT2D eigenvalue weighted by molar-refractivity contribution is 6.01. The zero-order valence-corrected chi connectivity index (χ0v) is 20.8. The summed E-state index contributed by atoms with van der Waals surface area (Å²) in [7, 11) is 0. The summed E-state index contributed by atoms with van der Waals surface area (Å²) in [4.78, 5) is 0. The summed E-state index contributed by atoms with van der Waals surface area (Å²) in [6.07, 6.45) is 0. The zero-order valence-electron chi connectivity index (χ0n) is 20.8. The summed E-state index contributed by atoms with van der Waals surface area (Å²) in [6.45, 7) is 4.10. The molecule has 1 spiro atoms. The molecule has 0 amide bonds. The standard InChI is InChI=1S/C36H28N/c1-2-11-27-20-35-31(19-26(27)10-1)24-37(23-30-18-17-25-9-3-8-16-34(25)36(30)35)21-28-12-4-6-14-32(28)33-15-7-5-13-29(33)22-37/h1-20H,21-24H2/q+1. The molecule has 8 rings (SSSR count). The predicted molar refractivity (Wildman–Crippen MR) is 154 cm³/mol. The van der Waals surface area contributed by atoms with Crippen LogP contribution >= 0.6 is 0 Å². The minimum absolute atomic E-state index is 1.00. The lowest BCUT2D eigenvalue weighted by Crippen LogP contribution is -2.44. The number of nitrogens with zero attached hydrogens (tertiary/aromatic N) is 1. The van der Waals surface area contributed by atoms with Crippen molar-refractivity contribution in [1.82, 2.24) is 0 Å². The SMILES string of the molecule is c1ccc2c(c1)C[N+]1(Cc3ccccc3-2)Cc2cc3ccccc3cc2-c2c(ccc3ccccc23)C1. The molecule has 1 nitrogen and oxygen atoms in total. The van der Waals surface area contributed by atoms with E-state index < -0.39 is 0 Å². The van der Waals surface area contributed by atoms with E-state index in [1.54, 1.807) is 0 Å². The molecule has 2 heterocycles. The van der Waals surface area contributed by atoms with Crippen LogP contribution in [0.25, 0.3) is 43.8 Å². The molecule has 6 aromatic rings. The van der Waals surface area contributed by atoms with Gasteiger partial charge in [-0.05, 0) is 55.9 Å². The molecule has 0 aliphatic carbocycles. The Kier molecular flexibility index (Phi) is 4.47. The Bertz CT molecular complexity index is 1800. The van der Waals surface area contributed by atoms with E-state index >= 15 is 0 Å². The topological polar surface area (TPSA) is 0 Å². The fourth-order valence-corrected chi connectivity index (χ4v) is 7.04. The molecule has 0 unspecified atom stereocenters. The molecular formula is C36H28N+. The largest absolute Gasteiger partial charge is 0.309 e. The highest BCUT2D eigenvalue weighted by atomic mass is 15.4. The number of hydrogen-bond donors (Lipinski definition) is 0. The Hall–Kier alpha value is -4.20. The third-order valence-electron chi connectivity index (χ3n) is 8.60. The van der Waals surface area contributed by atoms with Gasteiger partial charge in [-0.3, -0.25) is 0 Å². The van der Waals surface area contributed by atoms with Gasteiger partial charge >= 0.3 is 0 Å². The van der Waals surface area contributed by atoms with Crippen molar-refractivity contribution in [1.29, 1.82) is 0 Å². The van der Waals surface area contributed by atoms with Gasteiger partial charge in [-0.2, -0.15) is 0 Å². The Morgan fingerprint density at radius 3 is 1.65 bits per heavy atom. The van der Waals surface area contributed by atoms with Crippen LogP contribution in [-0.4, -0.2) is 4.48 Å². The van der Waals surface area contributed by atoms with Gasteiger partial charge in [-0.1, -0.05) is 109 Å². The van der Waals surface area contributed by atoms with Gasteiger partial charge in [0.1, 0.15) is 26.2 Å². The zero-order chi connectivity index (χ0) is 24.4. The first kappa shape index (κ1) is 20.9. The van der Waals surface area contributed by atoms with E-state index in [2.05, 4.69) is 121 Å². The maximum absolute atomic E-state index is 2.48. The quantitative estimate of drug-likeness (QED) is 0.193. The van der Waals surface area contributed by atoms with Crippen molar-refractivity contribution >= 4 is 21.5 Å². The molecule has 176 valence electrons. The molecule has 0 saturated carbocycles. The Morgan fingerprint density at radius 1 is 0.378 bits per heavy atom. The van der Waals surface area contributed by atoms with E-state index in [0.717, 1.165) is 30.7 Å². The first-order chi connectivity index (χ1) is 18.3. The van der Waals surface area contributed by atoms with Crippen LogP contribution in [0, 0.1) is 0 Å². The van der Waals surface area contributed by atoms with Crippen molar-refractivity contribution in [3.63, 3.8) is 0 Å². The van der Waals surface area contributed by atoms with Crippen molar-refractivity contribution in [3.8, 4) is 22.3 Å². The minimum Gasteiger partial charge on any atom is -0.309 e. The lowest BCUT2D eigenvalue weighted by atomic mass is 9.90. The minimum atomic E-state index is 1.00. The lowest BCUT2D eigenvalue weighted by Gasteiger charge is -2.38. The first-order valence-corrected chi connectivity index (χ1v) is 13.3. The molecule has 0 atom stereocenters. The van der Waals surface area contributed by atoms with Crippen LogP contribution in [0.3, 0.4) is 0 Å². The van der Waals surface area contributed by atoms with E-state index in [4.69, 9.17) is 0 Å². The monoisotopic (exact) mass is 474 g/mol. The average Bonchev–Trinajstić information content (AvgIpc) is 3.15. The number of rotatable bonds is 0. The Balaban J connectivity index is 1.44. The Labute approximate surface area is 217 Å². The average molecular weight is 475 g/mol. The second-order valence-corrected chi connectivity index (χ2v) is 11.0. The molecule has 0 aromatic heterocycles. The summed E-state index contributed by atoms with van der Waals surface area (Å²) in [5.41, 5.74) is 11.5. The highest BCUT2D eigenvalue weighted by Crippen LogP contribution is 2.45. The maximum atomic E-state index is 2.48. The molecule has 6 aromatic carbocycles. The van der Waals surface area contributed by atoms with Gasteiger partial charge in [0.05, 0.1) is 0 Å². The van der Waals surface area contributed by atoms with Gasteiger partial charge in [0.25, 0.3) is 0 Å². The van der Waals surface area contributed by atoms with Crippen LogP contribution in [0.1, 0.15) is 22.3 Å². The molecule has 0 bridgehead atoms. The van der Waals surface area contributed by atoms with Crippen molar-refractivity contribution in [3.05, 3.63) is 144 Å². The number of fused-ring (bicyclic) bond motifs is 9. The van der Waals surface area contributed by atoms with Gasteiger partial charge in [0.2, 0.25) is 0 Å². The highest BCUT2D eigenvalue weighted by Gasteiger charge is 2.38. The summed E-state index contributed by atoms with van der Waals surface area (Å²) in [6, 6.07) is 45.6. The molecule has 0 fully saturated rings. The number of benzene rings is 6. The third kappa shape index (κ3) is 3.28. The molecule has 2 aliphatic heterocycles.